The molecule has 4 N–H and O–H groups in total. The molecule has 29 heavy (non-hydrogen) atoms. The van der Waals surface area contributed by atoms with Crippen molar-refractivity contribution >= 4 is 51.5 Å². The number of benzene rings is 1. The third kappa shape index (κ3) is 5.77. The predicted molar refractivity (Wildman–Crippen MR) is 108 cm³/mol. The molecule has 1 aromatic carbocycles. The van der Waals surface area contributed by atoms with Gasteiger partial charge in [0.05, 0.1) is 35.7 Å². The lowest BCUT2D eigenvalue weighted by Gasteiger charge is -2.07. The molecule has 1 aromatic heterocycles. The molecule has 1 heterocycles. The van der Waals surface area contributed by atoms with Crippen LogP contribution in [0.4, 0.5) is 10.7 Å². The molecule has 3 rings (SSSR count). The Morgan fingerprint density at radius 2 is 1.93 bits per heavy atom. The first kappa shape index (κ1) is 22.8. The van der Waals surface area contributed by atoms with E-state index in [4.69, 9.17) is 21.5 Å². The number of anilines is 1. The monoisotopic (exact) mass is 441 g/mol. The van der Waals surface area contributed by atoms with E-state index in [0.29, 0.717) is 16.3 Å². The molecule has 0 spiro atoms. The van der Waals surface area contributed by atoms with Crippen LogP contribution in [0, 0.1) is 0 Å². The molecule has 0 saturated heterocycles. The molecular weight excluding hydrogens is 420 g/mol. The summed E-state index contributed by atoms with van der Waals surface area (Å²) in [4.78, 5) is 34.9. The van der Waals surface area contributed by atoms with Crippen molar-refractivity contribution in [2.45, 2.75) is 25.7 Å². The van der Waals surface area contributed by atoms with Crippen LogP contribution in [0.1, 0.15) is 40.1 Å². The average molecular weight is 442 g/mol. The number of aryl methyl sites for hydroxylation is 1. The van der Waals surface area contributed by atoms with Crippen LogP contribution in [0.5, 0.6) is 0 Å². The lowest BCUT2D eigenvalue weighted by Crippen LogP contribution is -2.73. The number of esters is 2. The van der Waals surface area contributed by atoms with Gasteiger partial charge < -0.3 is 14.8 Å². The largest absolute Gasteiger partial charge is 0.469 e. The number of carbonyl (C=O) groups is 3. The molecule has 0 radical (unpaired) electrons. The number of thiophene rings is 1. The highest BCUT2D eigenvalue weighted by atomic mass is 35.5. The van der Waals surface area contributed by atoms with Crippen molar-refractivity contribution in [3.05, 3.63) is 45.3 Å². The summed E-state index contributed by atoms with van der Waals surface area (Å²) in [6, 6.07) is 6.50. The van der Waals surface area contributed by atoms with Crippen LogP contribution in [0.2, 0.25) is 5.02 Å². The van der Waals surface area contributed by atoms with Crippen LogP contribution in [-0.2, 0) is 25.5 Å². The van der Waals surface area contributed by atoms with Crippen molar-refractivity contribution in [1.29, 1.82) is 0 Å². The summed E-state index contributed by atoms with van der Waals surface area (Å²) in [5.41, 5.74) is 2.69. The lowest BCUT2D eigenvalue weighted by atomic mass is 10.0. The second kappa shape index (κ2) is 10.4. The maximum atomic E-state index is 12.4. The minimum atomic E-state index is -0.334. The zero-order valence-electron chi connectivity index (χ0n) is 16.2. The number of fused-ring (bicyclic) bond motifs is 1. The third-order valence-electron chi connectivity index (χ3n) is 4.27. The maximum absolute atomic E-state index is 12.4. The summed E-state index contributed by atoms with van der Waals surface area (Å²) in [5, 5.41) is 12.7. The number of hydrogen-bond donors (Lipinski definition) is 3. The maximum Gasteiger partial charge on any atom is 0.313 e. The van der Waals surface area contributed by atoms with Crippen molar-refractivity contribution in [2.75, 3.05) is 19.5 Å². The fraction of sp³-hybridized carbons (Fsp3) is 0.316. The second-order valence-corrected chi connectivity index (χ2v) is 7.67. The SMILES string of the molecule is COC(=O)C1CCc2sc(NC(=O)c3ccc([NH2+]O)cc3Cl)cc21.COC(C)=O. The molecule has 1 amide bonds. The van der Waals surface area contributed by atoms with E-state index in [-0.39, 0.29) is 28.8 Å². The first-order valence-corrected chi connectivity index (χ1v) is 9.83. The normalized spacial score (nSPS) is 14.3. The summed E-state index contributed by atoms with van der Waals surface area (Å²) in [6.45, 7) is 1.36. The van der Waals surface area contributed by atoms with Crippen molar-refractivity contribution in [3.63, 3.8) is 0 Å². The molecule has 0 bridgehead atoms. The van der Waals surface area contributed by atoms with Crippen molar-refractivity contribution in [3.8, 4) is 0 Å². The number of hydrogen-bond acceptors (Lipinski definition) is 7. The van der Waals surface area contributed by atoms with Gasteiger partial charge in [-0.1, -0.05) is 11.6 Å². The van der Waals surface area contributed by atoms with Crippen LogP contribution in [0.25, 0.3) is 0 Å². The van der Waals surface area contributed by atoms with E-state index < -0.39 is 0 Å². The van der Waals surface area contributed by atoms with Gasteiger partial charge in [0, 0.05) is 23.9 Å². The lowest BCUT2D eigenvalue weighted by molar-refractivity contribution is -0.825. The van der Waals surface area contributed by atoms with Gasteiger partial charge in [0.1, 0.15) is 0 Å². The number of rotatable bonds is 4. The molecule has 1 atom stereocenters. The first-order chi connectivity index (χ1) is 13.8. The fourth-order valence-electron chi connectivity index (χ4n) is 2.79. The van der Waals surface area contributed by atoms with Crippen LogP contribution < -0.4 is 10.8 Å². The molecule has 1 aliphatic rings. The van der Waals surface area contributed by atoms with Gasteiger partial charge in [0.25, 0.3) is 5.91 Å². The number of carbonyl (C=O) groups excluding carboxylic acids is 3. The minimum Gasteiger partial charge on any atom is -0.469 e. The molecule has 1 unspecified atom stereocenters. The van der Waals surface area contributed by atoms with Crippen LogP contribution >= 0.6 is 22.9 Å². The Labute approximate surface area is 176 Å². The number of amides is 1. The van der Waals surface area contributed by atoms with Crippen molar-refractivity contribution in [2.24, 2.45) is 0 Å². The third-order valence-corrected chi connectivity index (χ3v) is 5.71. The highest BCUT2D eigenvalue weighted by Gasteiger charge is 2.31. The number of nitrogens with two attached hydrogens (primary N) is 1. The number of methoxy groups -OCH3 is 2. The van der Waals surface area contributed by atoms with Gasteiger partial charge in [-0.2, -0.15) is 5.48 Å². The van der Waals surface area contributed by atoms with Gasteiger partial charge in [0.2, 0.25) is 0 Å². The summed E-state index contributed by atoms with van der Waals surface area (Å²) in [7, 11) is 2.73. The quantitative estimate of drug-likeness (QED) is 0.381. The summed E-state index contributed by atoms with van der Waals surface area (Å²) in [6.07, 6.45) is 1.55. The molecule has 0 fully saturated rings. The molecule has 0 saturated carbocycles. The summed E-state index contributed by atoms with van der Waals surface area (Å²) in [5.74, 6) is -1.08. The highest BCUT2D eigenvalue weighted by molar-refractivity contribution is 7.16. The van der Waals surface area contributed by atoms with Gasteiger partial charge in [-0.25, -0.2) is 5.21 Å². The van der Waals surface area contributed by atoms with Gasteiger partial charge in [-0.05, 0) is 30.5 Å². The molecular formula is C19H22ClN2O6S+. The number of ether oxygens (including phenoxy) is 2. The van der Waals surface area contributed by atoms with Crippen LogP contribution in [0.15, 0.2) is 24.3 Å². The first-order valence-electron chi connectivity index (χ1n) is 8.64. The smallest absolute Gasteiger partial charge is 0.313 e. The Morgan fingerprint density at radius 3 is 2.48 bits per heavy atom. The second-order valence-electron chi connectivity index (χ2n) is 6.12. The van der Waals surface area contributed by atoms with E-state index in [2.05, 4.69) is 10.1 Å². The number of quaternary nitrogens is 1. The van der Waals surface area contributed by atoms with E-state index in [0.717, 1.165) is 28.8 Å². The molecule has 0 aliphatic heterocycles. The molecule has 2 aromatic rings. The van der Waals surface area contributed by atoms with E-state index >= 15 is 0 Å². The summed E-state index contributed by atoms with van der Waals surface area (Å²) < 4.78 is 8.94. The van der Waals surface area contributed by atoms with Crippen molar-refractivity contribution in [1.82, 2.24) is 0 Å². The van der Waals surface area contributed by atoms with Gasteiger partial charge in [0.15, 0.2) is 5.69 Å². The topological polar surface area (TPSA) is 119 Å². The van der Waals surface area contributed by atoms with Gasteiger partial charge in [-0.3, -0.25) is 14.4 Å². The summed E-state index contributed by atoms with van der Waals surface area (Å²) >= 11 is 7.54. The molecule has 8 nitrogen and oxygen atoms in total. The number of nitrogens with one attached hydrogen (secondary N) is 1. The number of halogens is 1. The zero-order chi connectivity index (χ0) is 21.6. The molecule has 1 aliphatic carbocycles. The highest BCUT2D eigenvalue weighted by Crippen LogP contribution is 2.41. The molecule has 10 heteroatoms. The Kier molecular flexibility index (Phi) is 8.15. The van der Waals surface area contributed by atoms with E-state index in [1.807, 2.05) is 6.07 Å². The Balaban J connectivity index is 0.000000537. The van der Waals surface area contributed by atoms with E-state index in [1.54, 1.807) is 12.1 Å². The standard InChI is InChI=1S/C16H15ClN2O4S.C3H6O2/c1-23-16(21)9-4-5-13-11(9)7-14(24-13)18-15(20)10-3-2-8(19-22)6-12(10)17;1-3(4)5-2/h2-3,6-7,9,19,22H,4-5H2,1H3,(H,18,20);1-2H3/p+1. The van der Waals surface area contributed by atoms with Gasteiger partial charge in [-0.15, -0.1) is 11.3 Å². The van der Waals surface area contributed by atoms with E-state index in [1.165, 1.54) is 38.5 Å². The average Bonchev–Trinajstić information content (AvgIpc) is 3.27. The Bertz CT molecular complexity index is 914. The minimum absolute atomic E-state index is 0.245. The Morgan fingerprint density at radius 1 is 1.24 bits per heavy atom. The Hall–Kier alpha value is -2.46. The van der Waals surface area contributed by atoms with Gasteiger partial charge >= 0.3 is 11.9 Å². The van der Waals surface area contributed by atoms with E-state index in [9.17, 15) is 14.4 Å². The zero-order valence-corrected chi connectivity index (χ0v) is 17.7. The van der Waals surface area contributed by atoms with Crippen molar-refractivity contribution < 1.29 is 34.5 Å². The fourth-order valence-corrected chi connectivity index (χ4v) is 4.20. The van der Waals surface area contributed by atoms with Crippen LogP contribution in [0.3, 0.4) is 0 Å². The molecule has 156 valence electrons. The van der Waals surface area contributed by atoms with Crippen LogP contribution in [-0.4, -0.2) is 37.3 Å². The predicted octanol–water partition coefficient (Wildman–Crippen LogP) is 2.62.